The van der Waals surface area contributed by atoms with Gasteiger partial charge in [0.1, 0.15) is 12.1 Å². The summed E-state index contributed by atoms with van der Waals surface area (Å²) in [4.78, 5) is 11.4. The summed E-state index contributed by atoms with van der Waals surface area (Å²) in [7, 11) is 2.19. The van der Waals surface area contributed by atoms with Crippen molar-refractivity contribution in [2.45, 2.75) is 38.5 Å². The molecule has 1 aliphatic carbocycles. The van der Waals surface area contributed by atoms with Gasteiger partial charge in [-0.25, -0.2) is 9.97 Å². The highest BCUT2D eigenvalue weighted by molar-refractivity contribution is 5.48. The maximum Gasteiger partial charge on any atom is 0.135 e. The summed E-state index contributed by atoms with van der Waals surface area (Å²) in [5.41, 5.74) is 2.69. The van der Waals surface area contributed by atoms with E-state index in [4.69, 9.17) is 0 Å². The number of aromatic nitrogens is 2. The molecule has 0 amide bonds. The van der Waals surface area contributed by atoms with E-state index in [0.29, 0.717) is 0 Å². The van der Waals surface area contributed by atoms with E-state index in [1.165, 1.54) is 55.8 Å². The van der Waals surface area contributed by atoms with Crippen molar-refractivity contribution in [3.63, 3.8) is 0 Å². The van der Waals surface area contributed by atoms with Crippen molar-refractivity contribution in [2.75, 3.05) is 31.6 Å². The smallest absolute Gasteiger partial charge is 0.135 e. The Labute approximate surface area is 115 Å². The van der Waals surface area contributed by atoms with Crippen LogP contribution in [0.1, 0.15) is 36.9 Å². The molecule has 0 spiro atoms. The Hall–Kier alpha value is -1.16. The van der Waals surface area contributed by atoms with Crippen LogP contribution >= 0.6 is 0 Å². The molecule has 1 aromatic heterocycles. The molecule has 1 aromatic rings. The molecule has 1 aliphatic heterocycles. The average molecular weight is 260 g/mol. The highest BCUT2D eigenvalue weighted by Crippen LogP contribution is 2.27. The average Bonchev–Trinajstić information content (AvgIpc) is 2.47. The molecular weight excluding hydrogens is 236 g/mol. The number of anilines is 1. The van der Waals surface area contributed by atoms with Gasteiger partial charge in [0.15, 0.2) is 0 Å². The number of hydrogen-bond acceptors (Lipinski definition) is 4. The topological polar surface area (TPSA) is 41.0 Å². The number of rotatable bonds is 3. The van der Waals surface area contributed by atoms with Gasteiger partial charge in [0.2, 0.25) is 0 Å². The van der Waals surface area contributed by atoms with E-state index < -0.39 is 0 Å². The molecule has 4 heteroatoms. The molecule has 0 atom stereocenters. The second-order valence-corrected chi connectivity index (χ2v) is 5.90. The number of fused-ring (bicyclic) bond motifs is 1. The maximum absolute atomic E-state index is 4.56. The van der Waals surface area contributed by atoms with Gasteiger partial charge in [-0.3, -0.25) is 0 Å². The van der Waals surface area contributed by atoms with E-state index in [9.17, 15) is 0 Å². The van der Waals surface area contributed by atoms with Crippen molar-refractivity contribution in [1.82, 2.24) is 15.3 Å². The lowest BCUT2D eigenvalue weighted by molar-refractivity contribution is 0.377. The zero-order valence-corrected chi connectivity index (χ0v) is 11.9. The molecule has 0 saturated carbocycles. The third-order valence-electron chi connectivity index (χ3n) is 4.45. The minimum absolute atomic E-state index is 0.806. The fourth-order valence-corrected chi connectivity index (χ4v) is 3.37. The zero-order chi connectivity index (χ0) is 13.1. The van der Waals surface area contributed by atoms with Crippen molar-refractivity contribution in [1.29, 1.82) is 0 Å². The molecule has 3 rings (SSSR count). The molecule has 1 saturated heterocycles. The molecule has 0 aromatic carbocycles. The van der Waals surface area contributed by atoms with Gasteiger partial charge < -0.3 is 10.2 Å². The molecule has 4 nitrogen and oxygen atoms in total. The number of aryl methyl sites for hydroxylation is 1. The Morgan fingerprint density at radius 3 is 2.84 bits per heavy atom. The quantitative estimate of drug-likeness (QED) is 0.899. The van der Waals surface area contributed by atoms with Crippen molar-refractivity contribution in [3.8, 4) is 0 Å². The molecular formula is C15H24N4. The van der Waals surface area contributed by atoms with Gasteiger partial charge in [-0.05, 0) is 57.5 Å². The fraction of sp³-hybridized carbons (Fsp3) is 0.733. The summed E-state index contributed by atoms with van der Waals surface area (Å²) in [5, 5.41) is 3.43. The normalized spacial score (nSPS) is 20.1. The lowest BCUT2D eigenvalue weighted by atomic mass is 9.95. The summed E-state index contributed by atoms with van der Waals surface area (Å²) >= 11 is 0. The third-order valence-corrected chi connectivity index (χ3v) is 4.45. The Balaban J connectivity index is 1.73. The van der Waals surface area contributed by atoms with Crippen LogP contribution in [-0.4, -0.2) is 36.6 Å². The van der Waals surface area contributed by atoms with E-state index in [1.807, 2.05) is 0 Å². The number of nitrogens with zero attached hydrogens (tertiary/aromatic N) is 3. The summed E-state index contributed by atoms with van der Waals surface area (Å²) in [6.07, 6.45) is 9.18. The lowest BCUT2D eigenvalue weighted by Gasteiger charge is -2.30. The largest absolute Gasteiger partial charge is 0.359 e. The van der Waals surface area contributed by atoms with Crippen molar-refractivity contribution in [3.05, 3.63) is 17.6 Å². The first kappa shape index (κ1) is 12.9. The zero-order valence-electron chi connectivity index (χ0n) is 11.9. The first-order valence-electron chi connectivity index (χ1n) is 7.59. The first-order valence-corrected chi connectivity index (χ1v) is 7.59. The fourth-order valence-electron chi connectivity index (χ4n) is 3.37. The molecule has 19 heavy (non-hydrogen) atoms. The number of hydrogen-bond donors (Lipinski definition) is 1. The number of piperidine rings is 1. The Morgan fingerprint density at radius 2 is 2.00 bits per heavy atom. The monoisotopic (exact) mass is 260 g/mol. The van der Waals surface area contributed by atoms with Crippen LogP contribution in [0.4, 0.5) is 5.82 Å². The SMILES string of the molecule is CN(CC1CCNCC1)c1ncnc2c1CCCC2. The minimum atomic E-state index is 0.806. The van der Waals surface area contributed by atoms with E-state index in [0.717, 1.165) is 25.3 Å². The van der Waals surface area contributed by atoms with Gasteiger partial charge in [0.05, 0.1) is 0 Å². The Bertz CT molecular complexity index is 426. The van der Waals surface area contributed by atoms with Crippen LogP contribution in [0.25, 0.3) is 0 Å². The van der Waals surface area contributed by atoms with Crippen molar-refractivity contribution >= 4 is 5.82 Å². The van der Waals surface area contributed by atoms with Gasteiger partial charge in [-0.15, -0.1) is 0 Å². The van der Waals surface area contributed by atoms with E-state index in [-0.39, 0.29) is 0 Å². The van der Waals surface area contributed by atoms with Gasteiger partial charge in [-0.1, -0.05) is 0 Å². The third kappa shape index (κ3) is 2.89. The highest BCUT2D eigenvalue weighted by Gasteiger charge is 2.20. The summed E-state index contributed by atoms with van der Waals surface area (Å²) in [5.74, 6) is 1.99. The molecule has 1 N–H and O–H groups in total. The second kappa shape index (κ2) is 5.87. The van der Waals surface area contributed by atoms with Crippen LogP contribution in [0.15, 0.2) is 6.33 Å². The molecule has 0 unspecified atom stereocenters. The summed E-state index contributed by atoms with van der Waals surface area (Å²) < 4.78 is 0. The van der Waals surface area contributed by atoms with Crippen LogP contribution in [0.5, 0.6) is 0 Å². The van der Waals surface area contributed by atoms with Crippen LogP contribution in [-0.2, 0) is 12.8 Å². The van der Waals surface area contributed by atoms with E-state index in [2.05, 4.69) is 27.2 Å². The molecule has 2 aliphatic rings. The van der Waals surface area contributed by atoms with Crippen LogP contribution in [0, 0.1) is 5.92 Å². The van der Waals surface area contributed by atoms with Crippen molar-refractivity contribution in [2.24, 2.45) is 5.92 Å². The molecule has 0 bridgehead atoms. The predicted molar refractivity (Wildman–Crippen MR) is 77.5 cm³/mol. The van der Waals surface area contributed by atoms with Crippen LogP contribution in [0.3, 0.4) is 0 Å². The Kier molecular flexibility index (Phi) is 3.97. The van der Waals surface area contributed by atoms with E-state index in [1.54, 1.807) is 6.33 Å². The van der Waals surface area contributed by atoms with E-state index >= 15 is 0 Å². The first-order chi connectivity index (χ1) is 9.34. The molecule has 1 fully saturated rings. The second-order valence-electron chi connectivity index (χ2n) is 5.90. The highest BCUT2D eigenvalue weighted by atomic mass is 15.2. The predicted octanol–water partition coefficient (Wildman–Crippen LogP) is 1.79. The molecule has 104 valence electrons. The van der Waals surface area contributed by atoms with Gasteiger partial charge in [0.25, 0.3) is 0 Å². The van der Waals surface area contributed by atoms with Gasteiger partial charge >= 0.3 is 0 Å². The summed E-state index contributed by atoms with van der Waals surface area (Å²) in [6, 6.07) is 0. The van der Waals surface area contributed by atoms with Gasteiger partial charge in [-0.2, -0.15) is 0 Å². The van der Waals surface area contributed by atoms with Crippen LogP contribution in [0.2, 0.25) is 0 Å². The molecule has 0 radical (unpaired) electrons. The Morgan fingerprint density at radius 1 is 1.21 bits per heavy atom. The van der Waals surface area contributed by atoms with Crippen molar-refractivity contribution < 1.29 is 0 Å². The van der Waals surface area contributed by atoms with Crippen LogP contribution < -0.4 is 10.2 Å². The molecule has 2 heterocycles. The lowest BCUT2D eigenvalue weighted by Crippen LogP contribution is -2.35. The number of nitrogens with one attached hydrogen (secondary N) is 1. The summed E-state index contributed by atoms with van der Waals surface area (Å²) in [6.45, 7) is 3.46. The maximum atomic E-state index is 4.56. The minimum Gasteiger partial charge on any atom is -0.359 e. The van der Waals surface area contributed by atoms with Gasteiger partial charge in [0, 0.05) is 24.8 Å². The standard InChI is InChI=1S/C15H24N4/c1-19(10-12-6-8-16-9-7-12)15-13-4-2-3-5-14(13)17-11-18-15/h11-12,16H,2-10H2,1H3.